The molecule has 0 aromatic carbocycles. The van der Waals surface area contributed by atoms with Gasteiger partial charge in [0.2, 0.25) is 5.91 Å². The van der Waals surface area contributed by atoms with Gasteiger partial charge in [0.1, 0.15) is 0 Å². The fraction of sp³-hybridized carbons (Fsp3) is 0.938. The van der Waals surface area contributed by atoms with Gasteiger partial charge in [0, 0.05) is 13.1 Å². The van der Waals surface area contributed by atoms with E-state index in [4.69, 9.17) is 0 Å². The van der Waals surface area contributed by atoms with Crippen molar-refractivity contribution in [2.24, 2.45) is 5.92 Å². The number of hydrogen-bond acceptors (Lipinski definition) is 3. The van der Waals surface area contributed by atoms with Gasteiger partial charge in [-0.15, -0.1) is 0 Å². The van der Waals surface area contributed by atoms with E-state index in [1.54, 1.807) is 0 Å². The standard InChI is InChI=1S/C16H33N3O/c1-4-6-10-18-16(20)14(3)19(11-5-2)13-15-8-7-9-17-12-15/h14-15,17H,4-13H2,1-3H3,(H,18,20). The van der Waals surface area contributed by atoms with Crippen molar-refractivity contribution >= 4 is 5.91 Å². The van der Waals surface area contributed by atoms with Crippen LogP contribution in [-0.2, 0) is 4.79 Å². The van der Waals surface area contributed by atoms with Gasteiger partial charge >= 0.3 is 0 Å². The minimum Gasteiger partial charge on any atom is -0.355 e. The molecular formula is C16H33N3O. The molecule has 4 nitrogen and oxygen atoms in total. The number of rotatable bonds is 9. The van der Waals surface area contributed by atoms with Crippen LogP contribution in [-0.4, -0.2) is 49.6 Å². The average molecular weight is 283 g/mol. The Morgan fingerprint density at radius 1 is 1.40 bits per heavy atom. The minimum atomic E-state index is -0.00580. The van der Waals surface area contributed by atoms with E-state index in [1.165, 1.54) is 12.8 Å². The number of carbonyl (C=O) groups is 1. The summed E-state index contributed by atoms with van der Waals surface area (Å²) in [6.07, 6.45) is 5.85. The van der Waals surface area contributed by atoms with Crippen LogP contribution in [0.1, 0.15) is 52.9 Å². The van der Waals surface area contributed by atoms with Crippen LogP contribution in [0.25, 0.3) is 0 Å². The van der Waals surface area contributed by atoms with E-state index in [9.17, 15) is 4.79 Å². The molecule has 1 rings (SSSR count). The van der Waals surface area contributed by atoms with E-state index in [0.29, 0.717) is 5.92 Å². The van der Waals surface area contributed by atoms with E-state index in [2.05, 4.69) is 29.4 Å². The highest BCUT2D eigenvalue weighted by Gasteiger charge is 2.24. The zero-order valence-electron chi connectivity index (χ0n) is 13.6. The molecule has 2 atom stereocenters. The lowest BCUT2D eigenvalue weighted by molar-refractivity contribution is -0.126. The zero-order chi connectivity index (χ0) is 14.8. The number of amides is 1. The van der Waals surface area contributed by atoms with Gasteiger partial charge in [-0.3, -0.25) is 9.69 Å². The van der Waals surface area contributed by atoms with Gasteiger partial charge in [0.15, 0.2) is 0 Å². The van der Waals surface area contributed by atoms with Gasteiger partial charge < -0.3 is 10.6 Å². The van der Waals surface area contributed by atoms with E-state index < -0.39 is 0 Å². The molecule has 0 aliphatic carbocycles. The highest BCUT2D eigenvalue weighted by atomic mass is 16.2. The molecule has 118 valence electrons. The van der Waals surface area contributed by atoms with Crippen LogP contribution in [0.5, 0.6) is 0 Å². The molecule has 1 amide bonds. The summed E-state index contributed by atoms with van der Waals surface area (Å²) in [6, 6.07) is -0.00580. The number of unbranched alkanes of at least 4 members (excludes halogenated alkanes) is 1. The van der Waals surface area contributed by atoms with Gasteiger partial charge in [0.25, 0.3) is 0 Å². The average Bonchev–Trinajstić information content (AvgIpc) is 2.47. The van der Waals surface area contributed by atoms with E-state index in [-0.39, 0.29) is 11.9 Å². The Kier molecular flexibility index (Phi) is 8.86. The predicted octanol–water partition coefficient (Wildman–Crippen LogP) is 2.00. The van der Waals surface area contributed by atoms with Crippen LogP contribution in [0.15, 0.2) is 0 Å². The van der Waals surface area contributed by atoms with Gasteiger partial charge in [-0.25, -0.2) is 0 Å². The second-order valence-electron chi connectivity index (χ2n) is 6.03. The number of hydrogen-bond donors (Lipinski definition) is 2. The van der Waals surface area contributed by atoms with Gasteiger partial charge in [0.05, 0.1) is 6.04 Å². The third kappa shape index (κ3) is 6.23. The Morgan fingerprint density at radius 3 is 2.80 bits per heavy atom. The third-order valence-electron chi connectivity index (χ3n) is 4.16. The number of piperidine rings is 1. The zero-order valence-corrected chi connectivity index (χ0v) is 13.6. The van der Waals surface area contributed by atoms with Crippen LogP contribution in [0.3, 0.4) is 0 Å². The number of carbonyl (C=O) groups excluding carboxylic acids is 1. The second-order valence-corrected chi connectivity index (χ2v) is 6.03. The summed E-state index contributed by atoms with van der Waals surface area (Å²) in [5, 5.41) is 6.53. The Balaban J connectivity index is 2.43. The maximum absolute atomic E-state index is 12.2. The Labute approximate surface area is 124 Å². The molecule has 0 aromatic rings. The Hall–Kier alpha value is -0.610. The molecule has 1 aliphatic heterocycles. The molecule has 1 fully saturated rings. The first kappa shape index (κ1) is 17.4. The summed E-state index contributed by atoms with van der Waals surface area (Å²) in [6.45, 7) is 11.5. The molecule has 1 heterocycles. The first-order valence-electron chi connectivity index (χ1n) is 8.41. The normalized spacial score (nSPS) is 20.9. The summed E-state index contributed by atoms with van der Waals surface area (Å²) < 4.78 is 0. The highest BCUT2D eigenvalue weighted by molar-refractivity contribution is 5.81. The van der Waals surface area contributed by atoms with Crippen molar-refractivity contribution in [1.82, 2.24) is 15.5 Å². The van der Waals surface area contributed by atoms with Crippen LogP contribution >= 0.6 is 0 Å². The van der Waals surface area contributed by atoms with Gasteiger partial charge in [-0.1, -0.05) is 20.3 Å². The lowest BCUT2D eigenvalue weighted by atomic mass is 9.98. The van der Waals surface area contributed by atoms with Crippen LogP contribution in [0.2, 0.25) is 0 Å². The largest absolute Gasteiger partial charge is 0.355 e. The number of nitrogens with one attached hydrogen (secondary N) is 2. The summed E-state index contributed by atoms with van der Waals surface area (Å²) in [7, 11) is 0. The van der Waals surface area contributed by atoms with Crippen LogP contribution in [0, 0.1) is 5.92 Å². The summed E-state index contributed by atoms with van der Waals surface area (Å²) >= 11 is 0. The molecule has 4 heteroatoms. The summed E-state index contributed by atoms with van der Waals surface area (Å²) in [5.74, 6) is 0.886. The molecule has 2 N–H and O–H groups in total. The summed E-state index contributed by atoms with van der Waals surface area (Å²) in [4.78, 5) is 14.6. The van der Waals surface area contributed by atoms with Crippen molar-refractivity contribution in [3.63, 3.8) is 0 Å². The lowest BCUT2D eigenvalue weighted by Gasteiger charge is -2.33. The molecule has 0 radical (unpaired) electrons. The molecule has 0 bridgehead atoms. The fourth-order valence-electron chi connectivity index (χ4n) is 2.84. The van der Waals surface area contributed by atoms with Crippen molar-refractivity contribution in [3.05, 3.63) is 0 Å². The molecule has 0 aromatic heterocycles. The molecule has 1 saturated heterocycles. The smallest absolute Gasteiger partial charge is 0.237 e. The first-order valence-corrected chi connectivity index (χ1v) is 8.41. The molecule has 20 heavy (non-hydrogen) atoms. The second kappa shape index (κ2) is 10.2. The van der Waals surface area contributed by atoms with Gasteiger partial charge in [-0.05, 0) is 58.2 Å². The van der Waals surface area contributed by atoms with Crippen molar-refractivity contribution in [2.75, 3.05) is 32.7 Å². The van der Waals surface area contributed by atoms with Crippen LogP contribution in [0.4, 0.5) is 0 Å². The maximum atomic E-state index is 12.2. The van der Waals surface area contributed by atoms with Crippen LogP contribution < -0.4 is 10.6 Å². The van der Waals surface area contributed by atoms with Crippen molar-refractivity contribution in [1.29, 1.82) is 0 Å². The predicted molar refractivity (Wildman–Crippen MR) is 84.8 cm³/mol. The topological polar surface area (TPSA) is 44.4 Å². The third-order valence-corrected chi connectivity index (χ3v) is 4.16. The summed E-state index contributed by atoms with van der Waals surface area (Å²) in [5.41, 5.74) is 0. The highest BCUT2D eigenvalue weighted by Crippen LogP contribution is 2.14. The fourth-order valence-corrected chi connectivity index (χ4v) is 2.84. The SMILES string of the molecule is CCCCNC(=O)C(C)N(CCC)CC1CCCNC1. The molecule has 1 aliphatic rings. The van der Waals surface area contributed by atoms with E-state index in [0.717, 1.165) is 52.0 Å². The molecular weight excluding hydrogens is 250 g/mol. The van der Waals surface area contributed by atoms with Crippen molar-refractivity contribution in [3.8, 4) is 0 Å². The lowest BCUT2D eigenvalue weighted by Crippen LogP contribution is -2.49. The molecule has 0 saturated carbocycles. The van der Waals surface area contributed by atoms with Crippen molar-refractivity contribution in [2.45, 2.75) is 58.9 Å². The monoisotopic (exact) mass is 283 g/mol. The first-order chi connectivity index (χ1) is 9.69. The quantitative estimate of drug-likeness (QED) is 0.636. The Morgan fingerprint density at radius 2 is 2.20 bits per heavy atom. The maximum Gasteiger partial charge on any atom is 0.237 e. The van der Waals surface area contributed by atoms with Crippen molar-refractivity contribution < 1.29 is 4.79 Å². The molecule has 0 spiro atoms. The Bertz CT molecular complexity index is 264. The number of nitrogens with zero attached hydrogens (tertiary/aromatic N) is 1. The van der Waals surface area contributed by atoms with E-state index in [1.807, 2.05) is 6.92 Å². The minimum absolute atomic E-state index is 0.00580. The van der Waals surface area contributed by atoms with E-state index >= 15 is 0 Å². The van der Waals surface area contributed by atoms with Gasteiger partial charge in [-0.2, -0.15) is 0 Å². The molecule has 2 unspecified atom stereocenters.